The average molecular weight is 295 g/mol. The molecule has 0 bridgehead atoms. The molecular weight excluding hydrogens is 278 g/mol. The van der Waals surface area contributed by atoms with Crippen LogP contribution in [0.15, 0.2) is 16.9 Å². The molecule has 1 saturated heterocycles. The summed E-state index contributed by atoms with van der Waals surface area (Å²) in [5, 5.41) is 8.80. The Morgan fingerprint density at radius 2 is 2.15 bits per heavy atom. The molecule has 1 fully saturated rings. The van der Waals surface area contributed by atoms with Gasteiger partial charge in [0, 0.05) is 19.2 Å². The zero-order valence-electron chi connectivity index (χ0n) is 11.2. The van der Waals surface area contributed by atoms with E-state index in [1.807, 2.05) is 7.05 Å². The number of aromatic nitrogens is 2. The molecule has 1 aromatic heterocycles. The minimum Gasteiger partial charge on any atom is -0.391 e. The van der Waals surface area contributed by atoms with Gasteiger partial charge in [-0.2, -0.15) is 5.10 Å². The van der Waals surface area contributed by atoms with E-state index in [-0.39, 0.29) is 16.2 Å². The predicted octanol–water partition coefficient (Wildman–Crippen LogP) is -0.750. The highest BCUT2D eigenvalue weighted by Crippen LogP contribution is 2.22. The number of carbonyl (C=O) groups is 1. The van der Waals surface area contributed by atoms with Gasteiger partial charge in [0.25, 0.3) is 11.5 Å². The zero-order valence-corrected chi connectivity index (χ0v) is 12.0. The molecule has 1 aromatic rings. The Balaban J connectivity index is 2.16. The Morgan fingerprint density at radius 1 is 1.50 bits per heavy atom. The number of hydrogen-bond acceptors (Lipinski definition) is 5. The maximum Gasteiger partial charge on any atom is 0.272 e. The second kappa shape index (κ2) is 5.68. The van der Waals surface area contributed by atoms with Crippen LogP contribution < -0.4 is 16.6 Å². The first-order valence-corrected chi connectivity index (χ1v) is 6.70. The monoisotopic (exact) mass is 295 g/mol. The molecule has 2 rings (SSSR count). The summed E-state index contributed by atoms with van der Waals surface area (Å²) >= 11 is 5.12. The molecule has 2 heterocycles. The van der Waals surface area contributed by atoms with Gasteiger partial charge < -0.3 is 16.0 Å². The van der Waals surface area contributed by atoms with E-state index in [4.69, 9.17) is 18.0 Å². The third-order valence-corrected chi connectivity index (χ3v) is 3.97. The molecule has 0 saturated carbocycles. The number of rotatable bonds is 3. The third-order valence-electron chi connectivity index (χ3n) is 3.58. The van der Waals surface area contributed by atoms with Crippen molar-refractivity contribution in [2.24, 2.45) is 5.73 Å². The maximum absolute atomic E-state index is 12.2. The van der Waals surface area contributed by atoms with Crippen LogP contribution in [-0.2, 0) is 0 Å². The van der Waals surface area contributed by atoms with E-state index < -0.39 is 11.4 Å². The Hall–Kier alpha value is -1.80. The van der Waals surface area contributed by atoms with Crippen molar-refractivity contribution < 1.29 is 4.79 Å². The maximum atomic E-state index is 12.2. The largest absolute Gasteiger partial charge is 0.391 e. The Labute approximate surface area is 121 Å². The highest BCUT2D eigenvalue weighted by molar-refractivity contribution is 7.80. The van der Waals surface area contributed by atoms with Gasteiger partial charge in [-0.15, -0.1) is 0 Å². The predicted molar refractivity (Wildman–Crippen MR) is 78.6 cm³/mol. The van der Waals surface area contributed by atoms with Gasteiger partial charge in [-0.1, -0.05) is 12.2 Å². The van der Waals surface area contributed by atoms with Crippen molar-refractivity contribution in [1.82, 2.24) is 20.4 Å². The summed E-state index contributed by atoms with van der Waals surface area (Å²) in [6.07, 6.45) is 1.32. The number of H-pyrrole nitrogens is 1. The van der Waals surface area contributed by atoms with E-state index >= 15 is 0 Å². The van der Waals surface area contributed by atoms with E-state index in [2.05, 4.69) is 20.4 Å². The fourth-order valence-electron chi connectivity index (χ4n) is 2.19. The van der Waals surface area contributed by atoms with Gasteiger partial charge in [0.05, 0.1) is 10.5 Å². The van der Waals surface area contributed by atoms with Crippen LogP contribution >= 0.6 is 12.2 Å². The first-order chi connectivity index (χ1) is 9.43. The highest BCUT2D eigenvalue weighted by Gasteiger charge is 2.38. The van der Waals surface area contributed by atoms with Crippen molar-refractivity contribution in [2.75, 3.05) is 20.1 Å². The van der Waals surface area contributed by atoms with Crippen molar-refractivity contribution in [1.29, 1.82) is 0 Å². The van der Waals surface area contributed by atoms with Crippen LogP contribution in [0.1, 0.15) is 23.3 Å². The van der Waals surface area contributed by atoms with Crippen LogP contribution in [-0.4, -0.2) is 51.7 Å². The van der Waals surface area contributed by atoms with Crippen LogP contribution in [0.25, 0.3) is 0 Å². The van der Waals surface area contributed by atoms with Gasteiger partial charge in [-0.3, -0.25) is 9.59 Å². The van der Waals surface area contributed by atoms with Gasteiger partial charge in [-0.25, -0.2) is 5.10 Å². The van der Waals surface area contributed by atoms with Gasteiger partial charge in [0.15, 0.2) is 0 Å². The van der Waals surface area contributed by atoms with Crippen LogP contribution in [0, 0.1) is 0 Å². The van der Waals surface area contributed by atoms with Crippen molar-refractivity contribution in [3.63, 3.8) is 0 Å². The number of amides is 1. The highest BCUT2D eigenvalue weighted by atomic mass is 32.1. The molecule has 0 unspecified atom stereocenters. The summed E-state index contributed by atoms with van der Waals surface area (Å²) in [4.78, 5) is 25.6. The molecule has 0 aliphatic carbocycles. The molecule has 108 valence electrons. The molecule has 7 nitrogen and oxygen atoms in total. The lowest BCUT2D eigenvalue weighted by molar-refractivity contribution is 0.0884. The number of aromatic amines is 1. The van der Waals surface area contributed by atoms with Crippen molar-refractivity contribution in [3.05, 3.63) is 28.2 Å². The zero-order chi connectivity index (χ0) is 14.8. The Morgan fingerprint density at radius 3 is 2.65 bits per heavy atom. The van der Waals surface area contributed by atoms with Gasteiger partial charge in [0.1, 0.15) is 5.69 Å². The molecule has 20 heavy (non-hydrogen) atoms. The second-order valence-electron chi connectivity index (χ2n) is 5.01. The summed E-state index contributed by atoms with van der Waals surface area (Å²) < 4.78 is 0. The number of nitrogens with zero attached hydrogens (tertiary/aromatic N) is 2. The SMILES string of the molecule is CN1CCC(NC(=O)c2ccc(=O)[nH]n2)(C(N)=S)CC1. The molecule has 1 aliphatic rings. The van der Waals surface area contributed by atoms with E-state index in [0.717, 1.165) is 13.1 Å². The number of nitrogens with two attached hydrogens (primary N) is 1. The number of nitrogens with one attached hydrogen (secondary N) is 2. The van der Waals surface area contributed by atoms with Crippen LogP contribution in [0.4, 0.5) is 0 Å². The molecule has 8 heteroatoms. The van der Waals surface area contributed by atoms with E-state index in [9.17, 15) is 9.59 Å². The quantitative estimate of drug-likeness (QED) is 0.634. The second-order valence-corrected chi connectivity index (χ2v) is 5.45. The first-order valence-electron chi connectivity index (χ1n) is 6.30. The van der Waals surface area contributed by atoms with Crippen LogP contribution in [0.3, 0.4) is 0 Å². The van der Waals surface area contributed by atoms with Crippen molar-refractivity contribution in [3.8, 4) is 0 Å². The Kier molecular flexibility index (Phi) is 4.15. The number of thiocarbonyl (C=S) groups is 1. The van der Waals surface area contributed by atoms with E-state index in [1.54, 1.807) is 0 Å². The molecular formula is C12H17N5O2S. The smallest absolute Gasteiger partial charge is 0.272 e. The molecule has 0 radical (unpaired) electrons. The third kappa shape index (κ3) is 3.02. The minimum atomic E-state index is -0.684. The molecule has 1 aliphatic heterocycles. The fraction of sp³-hybridized carbons (Fsp3) is 0.500. The summed E-state index contributed by atoms with van der Waals surface area (Å²) in [5.41, 5.74) is 4.92. The summed E-state index contributed by atoms with van der Waals surface area (Å²) in [6.45, 7) is 1.60. The normalized spacial score (nSPS) is 18.4. The molecule has 4 N–H and O–H groups in total. The number of carbonyl (C=O) groups excluding carboxylic acids is 1. The minimum absolute atomic E-state index is 0.138. The molecule has 1 amide bonds. The van der Waals surface area contributed by atoms with Crippen molar-refractivity contribution in [2.45, 2.75) is 18.4 Å². The summed E-state index contributed by atoms with van der Waals surface area (Å²) in [5.74, 6) is -0.390. The number of hydrogen-bond donors (Lipinski definition) is 3. The average Bonchev–Trinajstić information content (AvgIpc) is 2.42. The lowest BCUT2D eigenvalue weighted by atomic mass is 9.87. The first kappa shape index (κ1) is 14.6. The van der Waals surface area contributed by atoms with Gasteiger partial charge in [-0.05, 0) is 26.0 Å². The summed E-state index contributed by atoms with van der Waals surface area (Å²) in [7, 11) is 2.01. The lowest BCUT2D eigenvalue weighted by Gasteiger charge is -2.40. The molecule has 0 aromatic carbocycles. The lowest BCUT2D eigenvalue weighted by Crippen LogP contribution is -2.61. The number of piperidine rings is 1. The number of likely N-dealkylation sites (tertiary alicyclic amines) is 1. The fourth-order valence-corrected chi connectivity index (χ4v) is 2.44. The topological polar surface area (TPSA) is 104 Å². The van der Waals surface area contributed by atoms with E-state index in [1.165, 1.54) is 12.1 Å². The molecule has 0 spiro atoms. The van der Waals surface area contributed by atoms with Crippen LogP contribution in [0.5, 0.6) is 0 Å². The van der Waals surface area contributed by atoms with E-state index in [0.29, 0.717) is 12.8 Å². The van der Waals surface area contributed by atoms with Gasteiger partial charge >= 0.3 is 0 Å². The summed E-state index contributed by atoms with van der Waals surface area (Å²) in [6, 6.07) is 2.63. The van der Waals surface area contributed by atoms with Gasteiger partial charge in [0.2, 0.25) is 0 Å². The molecule has 0 atom stereocenters. The van der Waals surface area contributed by atoms with Crippen molar-refractivity contribution >= 4 is 23.1 Å². The van der Waals surface area contributed by atoms with Crippen LogP contribution in [0.2, 0.25) is 0 Å². The Bertz CT molecular complexity index is 557. The standard InChI is InChI=1S/C12H17N5O2S/c1-17-6-4-12(5-7-17,11(13)20)14-10(19)8-2-3-9(18)16-15-8/h2-3H,4-7H2,1H3,(H2,13,20)(H,14,19)(H,16,18).